The number of thiophene rings is 1. The van der Waals surface area contributed by atoms with Gasteiger partial charge in [-0.15, -0.1) is 11.3 Å². The highest BCUT2D eigenvalue weighted by Gasteiger charge is 2.34. The predicted octanol–water partition coefficient (Wildman–Crippen LogP) is 4.30. The van der Waals surface area contributed by atoms with Gasteiger partial charge in [0, 0.05) is 28.9 Å². The van der Waals surface area contributed by atoms with Gasteiger partial charge in [0.1, 0.15) is 0 Å². The van der Waals surface area contributed by atoms with Gasteiger partial charge in [-0.1, -0.05) is 26.0 Å². The maximum Gasteiger partial charge on any atom is 0.310 e. The molecule has 0 amide bonds. The van der Waals surface area contributed by atoms with Crippen molar-refractivity contribution < 1.29 is 14.8 Å². The molecule has 0 bridgehead atoms. The van der Waals surface area contributed by atoms with Crippen molar-refractivity contribution >= 4 is 23.0 Å². The van der Waals surface area contributed by atoms with Crippen LogP contribution in [-0.4, -0.2) is 22.5 Å². The van der Waals surface area contributed by atoms with E-state index in [1.165, 1.54) is 17.4 Å². The van der Waals surface area contributed by atoms with Crippen molar-refractivity contribution in [2.45, 2.75) is 33.2 Å². The molecule has 0 saturated carbocycles. The summed E-state index contributed by atoms with van der Waals surface area (Å²) in [6, 6.07) is 10.5. The number of aliphatic carboxylic acids is 1. The number of nitrogens with one attached hydrogen (secondary N) is 1. The Morgan fingerprint density at radius 3 is 2.52 bits per heavy atom. The van der Waals surface area contributed by atoms with Crippen molar-refractivity contribution in [1.29, 1.82) is 0 Å². The lowest BCUT2D eigenvalue weighted by atomic mass is 9.82. The number of nitro groups is 1. The number of rotatable bonds is 9. The summed E-state index contributed by atoms with van der Waals surface area (Å²) in [5.74, 6) is -0.781. The summed E-state index contributed by atoms with van der Waals surface area (Å²) in [7, 11) is 0. The van der Waals surface area contributed by atoms with Crippen molar-refractivity contribution in [3.8, 4) is 10.4 Å². The van der Waals surface area contributed by atoms with Gasteiger partial charge in [0.2, 0.25) is 0 Å². The average molecular weight is 362 g/mol. The Bertz CT molecular complexity index is 753. The number of benzene rings is 1. The first-order valence-electron chi connectivity index (χ1n) is 8.20. The monoisotopic (exact) mass is 362 g/mol. The predicted molar refractivity (Wildman–Crippen MR) is 98.8 cm³/mol. The molecule has 7 heteroatoms. The number of nitro benzene ring substituents is 1. The van der Waals surface area contributed by atoms with Crippen molar-refractivity contribution in [2.24, 2.45) is 5.41 Å². The molecule has 25 heavy (non-hydrogen) atoms. The molecular formula is C18H22N2O4S. The van der Waals surface area contributed by atoms with Crippen LogP contribution in [-0.2, 0) is 11.3 Å². The SMILES string of the molecule is CCC(CC)(CNCc1ccc(-c2ccccc2[N+](=O)[O-])s1)C(=O)O. The lowest BCUT2D eigenvalue weighted by molar-refractivity contribution is -0.384. The zero-order valence-corrected chi connectivity index (χ0v) is 15.1. The minimum Gasteiger partial charge on any atom is -0.481 e. The molecule has 1 aromatic heterocycles. The molecule has 1 aromatic carbocycles. The largest absolute Gasteiger partial charge is 0.481 e. The summed E-state index contributed by atoms with van der Waals surface area (Å²) in [5, 5.41) is 23.8. The van der Waals surface area contributed by atoms with Crippen LogP contribution >= 0.6 is 11.3 Å². The summed E-state index contributed by atoms with van der Waals surface area (Å²) >= 11 is 1.48. The zero-order valence-electron chi connectivity index (χ0n) is 14.3. The normalized spacial score (nSPS) is 11.4. The molecule has 2 N–H and O–H groups in total. The fourth-order valence-corrected chi connectivity index (χ4v) is 3.77. The van der Waals surface area contributed by atoms with E-state index in [1.54, 1.807) is 18.2 Å². The summed E-state index contributed by atoms with van der Waals surface area (Å²) in [4.78, 5) is 24.1. The smallest absolute Gasteiger partial charge is 0.310 e. The van der Waals surface area contributed by atoms with E-state index in [1.807, 2.05) is 26.0 Å². The number of carboxylic acids is 1. The van der Waals surface area contributed by atoms with Gasteiger partial charge in [-0.3, -0.25) is 14.9 Å². The second-order valence-electron chi connectivity index (χ2n) is 5.94. The maximum absolute atomic E-state index is 11.5. The molecule has 0 spiro atoms. The van der Waals surface area contributed by atoms with Crippen molar-refractivity contribution in [3.63, 3.8) is 0 Å². The van der Waals surface area contributed by atoms with E-state index in [0.717, 1.165) is 9.75 Å². The fraction of sp³-hybridized carbons (Fsp3) is 0.389. The molecule has 6 nitrogen and oxygen atoms in total. The first-order chi connectivity index (χ1) is 11.9. The Balaban J connectivity index is 2.08. The van der Waals surface area contributed by atoms with Crippen LogP contribution in [0.1, 0.15) is 31.6 Å². The number of hydrogen-bond donors (Lipinski definition) is 2. The van der Waals surface area contributed by atoms with Crippen LogP contribution in [0.2, 0.25) is 0 Å². The Morgan fingerprint density at radius 2 is 1.92 bits per heavy atom. The molecular weight excluding hydrogens is 340 g/mol. The van der Waals surface area contributed by atoms with Gasteiger partial charge >= 0.3 is 5.97 Å². The number of para-hydroxylation sites is 1. The van der Waals surface area contributed by atoms with Gasteiger partial charge in [0.25, 0.3) is 5.69 Å². The van der Waals surface area contributed by atoms with Gasteiger partial charge in [0.05, 0.1) is 15.9 Å². The first-order valence-corrected chi connectivity index (χ1v) is 9.01. The second kappa shape index (κ2) is 8.22. The Morgan fingerprint density at radius 1 is 1.24 bits per heavy atom. The molecule has 1 heterocycles. The van der Waals surface area contributed by atoms with E-state index in [0.29, 0.717) is 31.5 Å². The second-order valence-corrected chi connectivity index (χ2v) is 7.10. The molecule has 0 saturated heterocycles. The highest BCUT2D eigenvalue weighted by Crippen LogP contribution is 2.34. The van der Waals surface area contributed by atoms with Crippen LogP contribution in [0.3, 0.4) is 0 Å². The molecule has 0 radical (unpaired) electrons. The molecule has 0 fully saturated rings. The third-order valence-electron chi connectivity index (χ3n) is 4.60. The van der Waals surface area contributed by atoms with Crippen LogP contribution in [0.15, 0.2) is 36.4 Å². The van der Waals surface area contributed by atoms with Crippen molar-refractivity contribution in [1.82, 2.24) is 5.32 Å². The number of carbonyl (C=O) groups is 1. The molecule has 0 atom stereocenters. The highest BCUT2D eigenvalue weighted by atomic mass is 32.1. The molecule has 0 aliphatic heterocycles. The molecule has 134 valence electrons. The van der Waals surface area contributed by atoms with Gasteiger partial charge < -0.3 is 10.4 Å². The van der Waals surface area contributed by atoms with Gasteiger partial charge in [-0.25, -0.2) is 0 Å². The maximum atomic E-state index is 11.5. The molecule has 2 rings (SSSR count). The number of nitrogens with zero attached hydrogens (tertiary/aromatic N) is 1. The molecule has 0 aliphatic carbocycles. The summed E-state index contributed by atoms with van der Waals surface area (Å²) in [6.45, 7) is 4.71. The zero-order chi connectivity index (χ0) is 18.4. The van der Waals surface area contributed by atoms with Crippen LogP contribution in [0, 0.1) is 15.5 Å². The summed E-state index contributed by atoms with van der Waals surface area (Å²) in [5.41, 5.74) is -0.0605. The molecule has 0 aliphatic rings. The van der Waals surface area contributed by atoms with Crippen LogP contribution in [0.4, 0.5) is 5.69 Å². The minimum absolute atomic E-state index is 0.0886. The van der Waals surface area contributed by atoms with E-state index >= 15 is 0 Å². The van der Waals surface area contributed by atoms with Gasteiger partial charge in [-0.05, 0) is 31.0 Å². The summed E-state index contributed by atoms with van der Waals surface area (Å²) < 4.78 is 0. The van der Waals surface area contributed by atoms with Crippen molar-refractivity contribution in [2.75, 3.05) is 6.54 Å². The quantitative estimate of drug-likeness (QED) is 0.512. The fourth-order valence-electron chi connectivity index (χ4n) is 2.76. The van der Waals surface area contributed by atoms with Crippen LogP contribution < -0.4 is 5.32 Å². The van der Waals surface area contributed by atoms with E-state index in [-0.39, 0.29) is 10.6 Å². The van der Waals surface area contributed by atoms with E-state index < -0.39 is 11.4 Å². The lowest BCUT2D eigenvalue weighted by Crippen LogP contribution is -2.39. The van der Waals surface area contributed by atoms with E-state index in [9.17, 15) is 20.0 Å². The van der Waals surface area contributed by atoms with Crippen molar-refractivity contribution in [3.05, 3.63) is 51.4 Å². The molecule has 0 unspecified atom stereocenters. The Hall–Kier alpha value is -2.25. The lowest BCUT2D eigenvalue weighted by Gasteiger charge is -2.26. The van der Waals surface area contributed by atoms with Gasteiger partial charge in [-0.2, -0.15) is 0 Å². The van der Waals surface area contributed by atoms with E-state index in [4.69, 9.17) is 0 Å². The first kappa shape index (κ1) is 19.1. The summed E-state index contributed by atoms with van der Waals surface area (Å²) in [6.07, 6.45) is 1.13. The van der Waals surface area contributed by atoms with E-state index in [2.05, 4.69) is 5.32 Å². The number of carboxylic acid groups (broad SMARTS) is 1. The Kier molecular flexibility index (Phi) is 6.27. The van der Waals surface area contributed by atoms with Crippen LogP contribution in [0.5, 0.6) is 0 Å². The highest BCUT2D eigenvalue weighted by molar-refractivity contribution is 7.15. The molecule has 2 aromatic rings. The number of hydrogen-bond acceptors (Lipinski definition) is 5. The Labute approximate surface area is 150 Å². The third kappa shape index (κ3) is 4.24. The average Bonchev–Trinajstić information content (AvgIpc) is 3.07. The topological polar surface area (TPSA) is 92.5 Å². The standard InChI is InChI=1S/C18H22N2O4S/c1-3-18(4-2,17(21)22)12-19-11-13-9-10-16(25-13)14-7-5-6-8-15(14)20(23)24/h5-10,19H,3-4,11-12H2,1-2H3,(H,21,22). The third-order valence-corrected chi connectivity index (χ3v) is 5.72. The van der Waals surface area contributed by atoms with Crippen LogP contribution in [0.25, 0.3) is 10.4 Å². The minimum atomic E-state index is -0.781. The van der Waals surface area contributed by atoms with Gasteiger partial charge in [0.15, 0.2) is 0 Å².